The highest BCUT2D eigenvalue weighted by atomic mass is 14.9. The summed E-state index contributed by atoms with van der Waals surface area (Å²) in [5, 5.41) is 3.49. The Balaban J connectivity index is 1.96. The van der Waals surface area contributed by atoms with Crippen LogP contribution in [0.4, 0.5) is 0 Å². The highest BCUT2D eigenvalue weighted by molar-refractivity contribution is 4.98. The second-order valence-corrected chi connectivity index (χ2v) is 3.94. The second kappa shape index (κ2) is 1.72. The van der Waals surface area contributed by atoms with Crippen molar-refractivity contribution >= 4 is 0 Å². The fourth-order valence-corrected chi connectivity index (χ4v) is 2.02. The van der Waals surface area contributed by atoms with Crippen LogP contribution < -0.4 is 5.32 Å². The van der Waals surface area contributed by atoms with Crippen molar-refractivity contribution in [1.82, 2.24) is 5.32 Å². The zero-order valence-corrected chi connectivity index (χ0v) is 6.11. The van der Waals surface area contributed by atoms with E-state index in [4.69, 9.17) is 0 Å². The average Bonchev–Trinajstić information content (AvgIpc) is 2.49. The molecule has 1 nitrogen and oxygen atoms in total. The van der Waals surface area contributed by atoms with E-state index in [-0.39, 0.29) is 0 Å². The van der Waals surface area contributed by atoms with Crippen LogP contribution >= 0.6 is 0 Å². The van der Waals surface area contributed by atoms with E-state index in [1.54, 1.807) is 0 Å². The van der Waals surface area contributed by atoms with Gasteiger partial charge in [-0.1, -0.05) is 6.92 Å². The lowest BCUT2D eigenvalue weighted by Gasteiger charge is -2.27. The molecule has 2 rings (SSSR count). The first kappa shape index (κ1) is 5.72. The molecule has 1 heterocycles. The molecule has 0 radical (unpaired) electrons. The summed E-state index contributed by atoms with van der Waals surface area (Å²) in [4.78, 5) is 0. The van der Waals surface area contributed by atoms with Crippen LogP contribution in [0, 0.1) is 11.3 Å². The Morgan fingerprint density at radius 3 is 2.67 bits per heavy atom. The van der Waals surface area contributed by atoms with Crippen LogP contribution in [-0.4, -0.2) is 13.1 Å². The van der Waals surface area contributed by atoms with Gasteiger partial charge in [0.1, 0.15) is 0 Å². The Hall–Kier alpha value is -0.0400. The fraction of sp³-hybridized carbons (Fsp3) is 1.00. The third-order valence-electron chi connectivity index (χ3n) is 2.73. The van der Waals surface area contributed by atoms with Crippen molar-refractivity contribution in [2.45, 2.75) is 26.2 Å². The van der Waals surface area contributed by atoms with Crippen molar-refractivity contribution in [2.24, 2.45) is 11.3 Å². The van der Waals surface area contributed by atoms with Crippen LogP contribution in [0.3, 0.4) is 0 Å². The van der Waals surface area contributed by atoms with Gasteiger partial charge in [-0.2, -0.15) is 0 Å². The van der Waals surface area contributed by atoms with Crippen LogP contribution in [0.5, 0.6) is 0 Å². The Morgan fingerprint density at radius 2 is 2.22 bits per heavy atom. The molecule has 1 N–H and O–H groups in total. The van der Waals surface area contributed by atoms with Crippen molar-refractivity contribution in [2.75, 3.05) is 13.1 Å². The number of rotatable bonds is 0. The summed E-state index contributed by atoms with van der Waals surface area (Å²) in [6.07, 6.45) is 4.47. The minimum atomic E-state index is 0.789. The maximum atomic E-state index is 3.49. The predicted octanol–water partition coefficient (Wildman–Crippen LogP) is 1.40. The van der Waals surface area contributed by atoms with Gasteiger partial charge in [0.25, 0.3) is 0 Å². The third kappa shape index (κ3) is 0.983. The topological polar surface area (TPSA) is 12.0 Å². The van der Waals surface area contributed by atoms with E-state index in [0.717, 1.165) is 11.3 Å². The minimum Gasteiger partial charge on any atom is -0.316 e. The van der Waals surface area contributed by atoms with Crippen molar-refractivity contribution in [1.29, 1.82) is 0 Å². The number of hydrogen-bond acceptors (Lipinski definition) is 1. The van der Waals surface area contributed by atoms with Crippen LogP contribution in [0.2, 0.25) is 0 Å². The Kier molecular flexibility index (Phi) is 1.10. The summed E-state index contributed by atoms with van der Waals surface area (Å²) in [5.74, 6) is 0.932. The zero-order chi connectivity index (χ0) is 6.32. The predicted molar refractivity (Wildman–Crippen MR) is 38.3 cm³/mol. The van der Waals surface area contributed by atoms with E-state index < -0.39 is 0 Å². The molecule has 0 bridgehead atoms. The van der Waals surface area contributed by atoms with E-state index >= 15 is 0 Å². The van der Waals surface area contributed by atoms with Gasteiger partial charge < -0.3 is 5.32 Å². The van der Waals surface area contributed by atoms with Gasteiger partial charge in [0.2, 0.25) is 0 Å². The van der Waals surface area contributed by atoms with E-state index in [0.29, 0.717) is 0 Å². The Bertz CT molecular complexity index is 116. The van der Waals surface area contributed by atoms with E-state index in [2.05, 4.69) is 12.2 Å². The third-order valence-corrected chi connectivity index (χ3v) is 2.73. The molecule has 0 unspecified atom stereocenters. The fourth-order valence-electron chi connectivity index (χ4n) is 2.02. The molecule has 1 aliphatic heterocycles. The molecule has 1 aliphatic carbocycles. The molecule has 2 fully saturated rings. The van der Waals surface area contributed by atoms with Crippen molar-refractivity contribution in [3.05, 3.63) is 0 Å². The first-order valence-corrected chi connectivity index (χ1v) is 4.02. The van der Waals surface area contributed by atoms with Crippen molar-refractivity contribution in [3.63, 3.8) is 0 Å². The Morgan fingerprint density at radius 1 is 1.44 bits per heavy atom. The lowest BCUT2D eigenvalue weighted by molar-refractivity contribution is 0.284. The summed E-state index contributed by atoms with van der Waals surface area (Å²) in [5.41, 5.74) is 0.789. The molecule has 0 amide bonds. The first-order chi connectivity index (χ1) is 4.31. The van der Waals surface area contributed by atoms with Crippen molar-refractivity contribution < 1.29 is 0 Å². The highest BCUT2D eigenvalue weighted by Crippen LogP contribution is 2.51. The number of nitrogens with one attached hydrogen (secondary N) is 1. The maximum absolute atomic E-state index is 3.49. The molecule has 0 aromatic carbocycles. The summed E-state index contributed by atoms with van der Waals surface area (Å²) < 4.78 is 0. The van der Waals surface area contributed by atoms with E-state index in [1.165, 1.54) is 32.4 Å². The molecule has 52 valence electrons. The largest absolute Gasteiger partial charge is 0.316 e. The molecule has 1 saturated carbocycles. The highest BCUT2D eigenvalue weighted by Gasteiger charge is 2.44. The standard InChI is InChI=1S/C8H15N/c1-7-4-8(2-3-8)6-9-5-7/h7,9H,2-6H2,1H3/t7-/m0/s1. The lowest BCUT2D eigenvalue weighted by atomic mass is 9.89. The first-order valence-electron chi connectivity index (χ1n) is 4.02. The molecular weight excluding hydrogens is 110 g/mol. The van der Waals surface area contributed by atoms with E-state index in [1.807, 2.05) is 0 Å². The summed E-state index contributed by atoms with van der Waals surface area (Å²) in [7, 11) is 0. The van der Waals surface area contributed by atoms with Crippen molar-refractivity contribution in [3.8, 4) is 0 Å². The van der Waals surface area contributed by atoms with Gasteiger partial charge in [-0.15, -0.1) is 0 Å². The zero-order valence-electron chi connectivity index (χ0n) is 6.11. The molecule has 1 heteroatoms. The molecule has 0 aromatic rings. The van der Waals surface area contributed by atoms with Gasteiger partial charge in [-0.05, 0) is 37.1 Å². The minimum absolute atomic E-state index is 0.789. The van der Waals surface area contributed by atoms with Gasteiger partial charge in [-0.25, -0.2) is 0 Å². The normalized spacial score (nSPS) is 39.0. The number of hydrogen-bond donors (Lipinski definition) is 1. The molecular formula is C8H15N. The smallest absolute Gasteiger partial charge is 0.000804 e. The maximum Gasteiger partial charge on any atom is 0.000804 e. The molecule has 1 atom stereocenters. The second-order valence-electron chi connectivity index (χ2n) is 3.94. The number of piperidine rings is 1. The average molecular weight is 125 g/mol. The molecule has 1 spiro atoms. The van der Waals surface area contributed by atoms with Gasteiger partial charge in [-0.3, -0.25) is 0 Å². The summed E-state index contributed by atoms with van der Waals surface area (Å²) in [6, 6.07) is 0. The SMILES string of the molecule is C[C@@H]1CNCC2(CC2)C1. The summed E-state index contributed by atoms with van der Waals surface area (Å²) >= 11 is 0. The monoisotopic (exact) mass is 125 g/mol. The van der Waals surface area contributed by atoms with Gasteiger partial charge in [0, 0.05) is 6.54 Å². The van der Waals surface area contributed by atoms with Crippen LogP contribution in [0.15, 0.2) is 0 Å². The molecule has 9 heavy (non-hydrogen) atoms. The van der Waals surface area contributed by atoms with E-state index in [9.17, 15) is 0 Å². The molecule has 0 aromatic heterocycles. The lowest BCUT2D eigenvalue weighted by Crippen LogP contribution is -2.36. The molecule has 2 aliphatic rings. The Labute approximate surface area is 56.8 Å². The van der Waals surface area contributed by atoms with Crippen LogP contribution in [-0.2, 0) is 0 Å². The van der Waals surface area contributed by atoms with Crippen LogP contribution in [0.1, 0.15) is 26.2 Å². The van der Waals surface area contributed by atoms with Gasteiger partial charge in [0.05, 0.1) is 0 Å². The molecule has 1 saturated heterocycles. The van der Waals surface area contributed by atoms with Crippen LogP contribution in [0.25, 0.3) is 0 Å². The van der Waals surface area contributed by atoms with Gasteiger partial charge in [0.15, 0.2) is 0 Å². The van der Waals surface area contributed by atoms with Gasteiger partial charge >= 0.3 is 0 Å². The quantitative estimate of drug-likeness (QED) is 0.516. The summed E-state index contributed by atoms with van der Waals surface area (Å²) in [6.45, 7) is 4.91.